The van der Waals surface area contributed by atoms with Crippen LogP contribution in [0.3, 0.4) is 0 Å². The Kier molecular flexibility index (Phi) is 3.28. The van der Waals surface area contributed by atoms with Crippen LogP contribution in [-0.2, 0) is 0 Å². The summed E-state index contributed by atoms with van der Waals surface area (Å²) in [5.74, 6) is -0.127. The van der Waals surface area contributed by atoms with Gasteiger partial charge in [-0.1, -0.05) is 29.8 Å². The number of ketones is 1. The minimum absolute atomic E-state index is 0.0105. The number of amides is 1. The minimum Gasteiger partial charge on any atom is -0.345 e. The van der Waals surface area contributed by atoms with Gasteiger partial charge in [0, 0.05) is 22.6 Å². The Morgan fingerprint density at radius 1 is 1.10 bits per heavy atom. The summed E-state index contributed by atoms with van der Waals surface area (Å²) in [6, 6.07) is 13.9. The summed E-state index contributed by atoms with van der Waals surface area (Å²) in [4.78, 5) is 24.0. The fraction of sp³-hybridized carbons (Fsp3) is 0.125. The quantitative estimate of drug-likeness (QED) is 0.879. The molecule has 0 unspecified atom stereocenters. The Morgan fingerprint density at radius 2 is 1.80 bits per heavy atom. The van der Waals surface area contributed by atoms with Gasteiger partial charge in [-0.2, -0.15) is 0 Å². The minimum atomic E-state index is -0.248. The van der Waals surface area contributed by atoms with Gasteiger partial charge < -0.3 is 5.32 Å². The fourth-order valence-corrected chi connectivity index (χ4v) is 2.55. The lowest BCUT2D eigenvalue weighted by molar-refractivity contribution is 0.0933. The zero-order valence-electron chi connectivity index (χ0n) is 10.6. The van der Waals surface area contributed by atoms with Gasteiger partial charge in [0.2, 0.25) is 0 Å². The molecule has 1 N–H and O–H groups in total. The van der Waals surface area contributed by atoms with Crippen LogP contribution in [0.2, 0.25) is 5.02 Å². The highest BCUT2D eigenvalue weighted by Crippen LogP contribution is 2.28. The van der Waals surface area contributed by atoms with E-state index in [1.165, 1.54) is 0 Å². The first-order valence-corrected chi connectivity index (χ1v) is 6.71. The van der Waals surface area contributed by atoms with Crippen molar-refractivity contribution in [2.45, 2.75) is 12.5 Å². The van der Waals surface area contributed by atoms with Crippen LogP contribution in [0.25, 0.3) is 0 Å². The van der Waals surface area contributed by atoms with Crippen molar-refractivity contribution in [3.05, 3.63) is 70.2 Å². The zero-order chi connectivity index (χ0) is 14.1. The summed E-state index contributed by atoms with van der Waals surface area (Å²) in [6.45, 7) is 0. The second-order valence-corrected chi connectivity index (χ2v) is 5.18. The maximum Gasteiger partial charge on any atom is 0.252 e. The topological polar surface area (TPSA) is 46.2 Å². The van der Waals surface area contributed by atoms with E-state index in [1.807, 2.05) is 18.2 Å². The SMILES string of the molecule is O=C(C[C@@H]1NC(=O)c2ccccc21)c1ccc(Cl)cc1. The summed E-state index contributed by atoms with van der Waals surface area (Å²) in [6.07, 6.45) is 0.254. The van der Waals surface area contributed by atoms with Gasteiger partial charge in [-0.25, -0.2) is 0 Å². The molecule has 3 nitrogen and oxygen atoms in total. The molecule has 0 spiro atoms. The zero-order valence-corrected chi connectivity index (χ0v) is 11.4. The summed E-state index contributed by atoms with van der Waals surface area (Å²) < 4.78 is 0. The molecule has 0 saturated heterocycles. The molecule has 1 atom stereocenters. The Bertz CT molecular complexity index is 679. The molecule has 1 heterocycles. The fourth-order valence-electron chi connectivity index (χ4n) is 2.42. The molecule has 0 bridgehead atoms. The highest BCUT2D eigenvalue weighted by Gasteiger charge is 2.29. The Morgan fingerprint density at radius 3 is 2.55 bits per heavy atom. The molecule has 0 aromatic heterocycles. The predicted molar refractivity (Wildman–Crippen MR) is 77.0 cm³/mol. The van der Waals surface area contributed by atoms with Crippen molar-refractivity contribution >= 4 is 23.3 Å². The monoisotopic (exact) mass is 285 g/mol. The van der Waals surface area contributed by atoms with Gasteiger partial charge in [0.15, 0.2) is 5.78 Å². The maximum atomic E-state index is 12.2. The molecular formula is C16H12ClNO2. The van der Waals surface area contributed by atoms with Gasteiger partial charge in [-0.05, 0) is 35.9 Å². The first-order valence-electron chi connectivity index (χ1n) is 6.34. The standard InChI is InChI=1S/C16H12ClNO2/c17-11-7-5-10(6-8-11)15(19)9-14-12-3-1-2-4-13(12)16(20)18-14/h1-8,14H,9H2,(H,18,20)/t14-/m0/s1. The number of benzene rings is 2. The van der Waals surface area contributed by atoms with E-state index in [9.17, 15) is 9.59 Å². The van der Waals surface area contributed by atoms with E-state index in [1.54, 1.807) is 30.3 Å². The molecule has 4 heteroatoms. The van der Waals surface area contributed by atoms with Gasteiger partial charge in [0.05, 0.1) is 6.04 Å². The lowest BCUT2D eigenvalue weighted by atomic mass is 9.98. The number of halogens is 1. The van der Waals surface area contributed by atoms with E-state index < -0.39 is 0 Å². The van der Waals surface area contributed by atoms with Crippen molar-refractivity contribution in [2.75, 3.05) is 0 Å². The van der Waals surface area contributed by atoms with Crippen LogP contribution >= 0.6 is 11.6 Å². The van der Waals surface area contributed by atoms with Crippen LogP contribution in [0.15, 0.2) is 48.5 Å². The molecule has 1 aliphatic rings. The van der Waals surface area contributed by atoms with E-state index in [4.69, 9.17) is 11.6 Å². The first kappa shape index (κ1) is 12.9. The number of fused-ring (bicyclic) bond motifs is 1. The summed E-state index contributed by atoms with van der Waals surface area (Å²) in [5.41, 5.74) is 2.15. The third-order valence-electron chi connectivity index (χ3n) is 3.44. The Balaban J connectivity index is 1.81. The van der Waals surface area contributed by atoms with Crippen LogP contribution in [0.4, 0.5) is 0 Å². The second kappa shape index (κ2) is 5.10. The molecule has 3 rings (SSSR count). The van der Waals surface area contributed by atoms with Crippen LogP contribution < -0.4 is 5.32 Å². The van der Waals surface area contributed by atoms with Gasteiger partial charge >= 0.3 is 0 Å². The molecule has 2 aromatic rings. The molecule has 20 heavy (non-hydrogen) atoms. The van der Waals surface area contributed by atoms with Crippen molar-refractivity contribution in [3.63, 3.8) is 0 Å². The first-order chi connectivity index (χ1) is 9.65. The number of rotatable bonds is 3. The number of hydrogen-bond acceptors (Lipinski definition) is 2. The summed E-state index contributed by atoms with van der Waals surface area (Å²) >= 11 is 5.80. The molecule has 0 aliphatic carbocycles. The lowest BCUT2D eigenvalue weighted by Crippen LogP contribution is -2.21. The normalized spacial score (nSPS) is 16.6. The van der Waals surface area contributed by atoms with Gasteiger partial charge in [0.1, 0.15) is 0 Å². The van der Waals surface area contributed by atoms with E-state index in [2.05, 4.69) is 5.32 Å². The number of carbonyl (C=O) groups excluding carboxylic acids is 2. The predicted octanol–water partition coefficient (Wildman–Crippen LogP) is 3.40. The number of hydrogen-bond donors (Lipinski definition) is 1. The van der Waals surface area contributed by atoms with E-state index in [0.29, 0.717) is 16.1 Å². The maximum absolute atomic E-state index is 12.2. The lowest BCUT2D eigenvalue weighted by Gasteiger charge is -2.10. The van der Waals surface area contributed by atoms with Gasteiger partial charge in [-0.15, -0.1) is 0 Å². The van der Waals surface area contributed by atoms with E-state index in [-0.39, 0.29) is 24.2 Å². The Labute approximate surface area is 121 Å². The smallest absolute Gasteiger partial charge is 0.252 e. The van der Waals surface area contributed by atoms with Crippen molar-refractivity contribution in [1.29, 1.82) is 0 Å². The van der Waals surface area contributed by atoms with E-state index >= 15 is 0 Å². The molecule has 0 fully saturated rings. The molecule has 1 aliphatic heterocycles. The van der Waals surface area contributed by atoms with Gasteiger partial charge in [-0.3, -0.25) is 9.59 Å². The highest BCUT2D eigenvalue weighted by molar-refractivity contribution is 6.30. The van der Waals surface area contributed by atoms with Crippen molar-refractivity contribution < 1.29 is 9.59 Å². The van der Waals surface area contributed by atoms with Crippen molar-refractivity contribution in [3.8, 4) is 0 Å². The average molecular weight is 286 g/mol. The van der Waals surface area contributed by atoms with Crippen LogP contribution in [0.5, 0.6) is 0 Å². The largest absolute Gasteiger partial charge is 0.345 e. The number of carbonyl (C=O) groups is 2. The second-order valence-electron chi connectivity index (χ2n) is 4.75. The number of nitrogens with one attached hydrogen (secondary N) is 1. The van der Waals surface area contributed by atoms with E-state index in [0.717, 1.165) is 5.56 Å². The van der Waals surface area contributed by atoms with Crippen LogP contribution in [0.1, 0.15) is 38.7 Å². The molecule has 2 aromatic carbocycles. The van der Waals surface area contributed by atoms with Crippen molar-refractivity contribution in [1.82, 2.24) is 5.32 Å². The third kappa shape index (κ3) is 2.32. The molecule has 1 amide bonds. The molecule has 0 saturated carbocycles. The molecular weight excluding hydrogens is 274 g/mol. The Hall–Kier alpha value is -2.13. The van der Waals surface area contributed by atoms with Crippen LogP contribution in [0, 0.1) is 0 Å². The molecule has 100 valence electrons. The van der Waals surface area contributed by atoms with Crippen molar-refractivity contribution in [2.24, 2.45) is 0 Å². The molecule has 0 radical (unpaired) electrons. The summed E-state index contributed by atoms with van der Waals surface area (Å²) in [5, 5.41) is 3.44. The van der Waals surface area contributed by atoms with Gasteiger partial charge in [0.25, 0.3) is 5.91 Å². The highest BCUT2D eigenvalue weighted by atomic mass is 35.5. The third-order valence-corrected chi connectivity index (χ3v) is 3.69. The number of Topliss-reactive ketones (excluding diaryl/α,β-unsaturated/α-hetero) is 1. The van der Waals surface area contributed by atoms with Crippen LogP contribution in [-0.4, -0.2) is 11.7 Å². The average Bonchev–Trinajstić information content (AvgIpc) is 2.77. The summed E-state index contributed by atoms with van der Waals surface area (Å²) in [7, 11) is 0.